The van der Waals surface area contributed by atoms with Crippen molar-refractivity contribution in [2.45, 2.75) is 4.90 Å². The summed E-state index contributed by atoms with van der Waals surface area (Å²) < 4.78 is 36.2. The number of sulfonamides is 1. The normalized spacial score (nSPS) is 15.9. The van der Waals surface area contributed by atoms with Gasteiger partial charge in [-0.3, -0.25) is 4.79 Å². The first-order chi connectivity index (χ1) is 13.0. The van der Waals surface area contributed by atoms with Crippen LogP contribution in [-0.2, 0) is 10.0 Å². The summed E-state index contributed by atoms with van der Waals surface area (Å²) in [7, 11) is -3.72. The number of hydrogen-bond acceptors (Lipinski definition) is 7. The summed E-state index contributed by atoms with van der Waals surface area (Å²) in [5.41, 5.74) is 1.32. The first kappa shape index (κ1) is 17.8. The average molecular weight is 405 g/mol. The number of aromatic nitrogens is 3. The van der Waals surface area contributed by atoms with E-state index in [1.54, 1.807) is 17.0 Å². The van der Waals surface area contributed by atoms with Crippen molar-refractivity contribution in [1.29, 1.82) is 0 Å². The van der Waals surface area contributed by atoms with Crippen molar-refractivity contribution in [3.63, 3.8) is 0 Å². The largest absolute Gasteiger partial charge is 0.619 e. The van der Waals surface area contributed by atoms with Crippen molar-refractivity contribution in [3.8, 4) is 0 Å². The van der Waals surface area contributed by atoms with Crippen LogP contribution < -0.4 is 4.73 Å². The first-order valence-corrected chi connectivity index (χ1v) is 10.3. The van der Waals surface area contributed by atoms with Gasteiger partial charge < -0.3 is 10.1 Å². The van der Waals surface area contributed by atoms with Crippen LogP contribution in [0.4, 0.5) is 0 Å². The van der Waals surface area contributed by atoms with E-state index in [1.807, 2.05) is 0 Å². The molecule has 11 heteroatoms. The van der Waals surface area contributed by atoms with E-state index in [9.17, 15) is 18.4 Å². The zero-order valence-electron chi connectivity index (χ0n) is 14.1. The van der Waals surface area contributed by atoms with Crippen LogP contribution in [0.3, 0.4) is 0 Å². The maximum absolute atomic E-state index is 13.0. The van der Waals surface area contributed by atoms with Crippen molar-refractivity contribution in [2.24, 2.45) is 0 Å². The van der Waals surface area contributed by atoms with E-state index in [0.717, 1.165) is 11.7 Å². The van der Waals surface area contributed by atoms with E-state index in [2.05, 4.69) is 8.75 Å². The molecule has 4 rings (SSSR count). The number of amides is 1. The number of carbonyl (C=O) groups is 1. The van der Waals surface area contributed by atoms with Gasteiger partial charge in [-0.05, 0) is 12.1 Å². The monoisotopic (exact) mass is 405 g/mol. The lowest BCUT2D eigenvalue weighted by molar-refractivity contribution is -0.605. The van der Waals surface area contributed by atoms with Crippen LogP contribution in [0, 0.1) is 5.21 Å². The fraction of sp³-hybridized carbons (Fsp3) is 0.250. The molecule has 1 aliphatic rings. The molecule has 3 heterocycles. The zero-order chi connectivity index (χ0) is 19.0. The second-order valence-corrected chi connectivity index (χ2v) is 8.47. The molecule has 1 saturated heterocycles. The molecule has 1 amide bonds. The van der Waals surface area contributed by atoms with Crippen molar-refractivity contribution in [2.75, 3.05) is 26.2 Å². The lowest BCUT2D eigenvalue weighted by Crippen LogP contribution is -2.50. The van der Waals surface area contributed by atoms with E-state index in [-0.39, 0.29) is 37.0 Å². The molecule has 1 aliphatic heterocycles. The van der Waals surface area contributed by atoms with Crippen molar-refractivity contribution >= 4 is 38.7 Å². The summed E-state index contributed by atoms with van der Waals surface area (Å²) in [4.78, 5) is 14.2. The number of nitrogens with zero attached hydrogens (tertiary/aromatic N) is 5. The number of carbonyl (C=O) groups excluding carboxylic acids is 1. The second-order valence-electron chi connectivity index (χ2n) is 6.03. The maximum atomic E-state index is 13.0. The molecule has 0 spiro atoms. The van der Waals surface area contributed by atoms with Gasteiger partial charge in [-0.2, -0.15) is 17.8 Å². The van der Waals surface area contributed by atoms with E-state index in [0.29, 0.717) is 21.3 Å². The molecule has 140 valence electrons. The summed E-state index contributed by atoms with van der Waals surface area (Å²) in [6.07, 6.45) is 2.52. The van der Waals surface area contributed by atoms with E-state index < -0.39 is 10.0 Å². The number of hydrogen-bond donors (Lipinski definition) is 0. The zero-order valence-corrected chi connectivity index (χ0v) is 15.7. The Morgan fingerprint density at radius 2 is 1.78 bits per heavy atom. The highest BCUT2D eigenvalue weighted by molar-refractivity contribution is 7.89. The molecular formula is C16H15N5O4S2. The Morgan fingerprint density at radius 1 is 1.07 bits per heavy atom. The fourth-order valence-corrected chi connectivity index (χ4v) is 5.17. The molecular weight excluding hydrogens is 390 g/mol. The second kappa shape index (κ2) is 6.83. The topological polar surface area (TPSA) is 110 Å². The lowest BCUT2D eigenvalue weighted by atomic mass is 10.2. The molecule has 0 saturated carbocycles. The molecule has 0 unspecified atom stereocenters. The van der Waals surface area contributed by atoms with Gasteiger partial charge in [-0.1, -0.05) is 6.07 Å². The van der Waals surface area contributed by atoms with Gasteiger partial charge in [-0.15, -0.1) is 0 Å². The molecule has 1 aromatic carbocycles. The molecule has 0 N–H and O–H groups in total. The Balaban J connectivity index is 1.51. The third kappa shape index (κ3) is 3.24. The van der Waals surface area contributed by atoms with Crippen LogP contribution in [0.15, 0.2) is 47.6 Å². The van der Waals surface area contributed by atoms with Crippen LogP contribution in [0.5, 0.6) is 0 Å². The third-order valence-corrected chi connectivity index (χ3v) is 6.91. The Hall–Kier alpha value is -2.63. The van der Waals surface area contributed by atoms with Crippen LogP contribution in [0.2, 0.25) is 0 Å². The van der Waals surface area contributed by atoms with Gasteiger partial charge in [0.05, 0.1) is 17.3 Å². The minimum atomic E-state index is -3.72. The Morgan fingerprint density at radius 3 is 2.48 bits per heavy atom. The summed E-state index contributed by atoms with van der Waals surface area (Å²) in [6, 6.07) is 7.80. The van der Waals surface area contributed by atoms with Gasteiger partial charge in [0.2, 0.25) is 10.0 Å². The van der Waals surface area contributed by atoms with Crippen LogP contribution in [-0.4, -0.2) is 58.5 Å². The number of benzene rings is 1. The molecule has 2 aromatic heterocycles. The Kier molecular flexibility index (Phi) is 4.50. The van der Waals surface area contributed by atoms with Gasteiger partial charge in [0.25, 0.3) is 5.91 Å². The highest BCUT2D eigenvalue weighted by Gasteiger charge is 2.32. The number of pyridine rings is 1. The number of piperazine rings is 1. The minimum Gasteiger partial charge on any atom is -0.619 e. The van der Waals surface area contributed by atoms with Gasteiger partial charge in [-0.25, -0.2) is 8.42 Å². The molecule has 0 atom stereocenters. The summed E-state index contributed by atoms with van der Waals surface area (Å²) in [6.45, 7) is 0.929. The van der Waals surface area contributed by atoms with Gasteiger partial charge in [0.15, 0.2) is 12.4 Å². The van der Waals surface area contributed by atoms with Crippen molar-refractivity contribution in [1.82, 2.24) is 18.0 Å². The van der Waals surface area contributed by atoms with Gasteiger partial charge in [0.1, 0.15) is 15.9 Å². The molecule has 27 heavy (non-hydrogen) atoms. The minimum absolute atomic E-state index is 0.136. The van der Waals surface area contributed by atoms with E-state index in [1.165, 1.54) is 34.9 Å². The molecule has 1 fully saturated rings. The third-order valence-electron chi connectivity index (χ3n) is 4.44. The SMILES string of the molecule is O=C(c1cc[n+]([O-])cc1)N1CCN(S(=O)(=O)c2cccc3nsnc23)CC1. The van der Waals surface area contributed by atoms with Gasteiger partial charge in [0, 0.05) is 38.3 Å². The molecule has 0 aliphatic carbocycles. The summed E-state index contributed by atoms with van der Waals surface area (Å²) in [5, 5.41) is 11.1. The summed E-state index contributed by atoms with van der Waals surface area (Å²) >= 11 is 0.973. The van der Waals surface area contributed by atoms with Gasteiger partial charge >= 0.3 is 0 Å². The number of rotatable bonds is 3. The lowest BCUT2D eigenvalue weighted by Gasteiger charge is -2.34. The standard InChI is InChI=1S/C16H15N5O4S2/c22-16(12-4-6-20(23)7-5-12)19-8-10-21(11-9-19)27(24,25)14-3-1-2-13-15(14)18-26-17-13/h1-7H,8-11H2. The highest BCUT2D eigenvalue weighted by Crippen LogP contribution is 2.25. The average Bonchev–Trinajstić information content (AvgIpc) is 3.17. The predicted molar refractivity (Wildman–Crippen MR) is 97.5 cm³/mol. The molecule has 3 aromatic rings. The van der Waals surface area contributed by atoms with Crippen molar-refractivity contribution < 1.29 is 17.9 Å². The van der Waals surface area contributed by atoms with Crippen LogP contribution in [0.1, 0.15) is 10.4 Å². The van der Waals surface area contributed by atoms with E-state index >= 15 is 0 Å². The van der Waals surface area contributed by atoms with Crippen molar-refractivity contribution in [3.05, 3.63) is 53.5 Å². The maximum Gasteiger partial charge on any atom is 0.254 e. The first-order valence-electron chi connectivity index (χ1n) is 8.16. The fourth-order valence-electron chi connectivity index (χ4n) is 3.00. The Labute approximate surface area is 159 Å². The van der Waals surface area contributed by atoms with Crippen LogP contribution in [0.25, 0.3) is 11.0 Å². The smallest absolute Gasteiger partial charge is 0.254 e. The Bertz CT molecular complexity index is 1090. The van der Waals surface area contributed by atoms with E-state index in [4.69, 9.17) is 0 Å². The number of fused-ring (bicyclic) bond motifs is 1. The highest BCUT2D eigenvalue weighted by atomic mass is 32.2. The molecule has 9 nitrogen and oxygen atoms in total. The predicted octanol–water partition coefficient (Wildman–Crippen LogP) is 0.471. The quantitative estimate of drug-likeness (QED) is 0.463. The van der Waals surface area contributed by atoms with Crippen LogP contribution >= 0.6 is 11.7 Å². The molecule has 0 radical (unpaired) electrons. The molecule has 0 bridgehead atoms. The summed E-state index contributed by atoms with van der Waals surface area (Å²) in [5.74, 6) is -0.224.